The van der Waals surface area contributed by atoms with Crippen molar-refractivity contribution in [1.29, 1.82) is 0 Å². The second kappa shape index (κ2) is 6.41. The monoisotopic (exact) mass is 295 g/mol. The number of ether oxygens (including phenoxy) is 1. The normalized spacial score (nSPS) is 23.9. The summed E-state index contributed by atoms with van der Waals surface area (Å²) >= 11 is 1.91. The van der Waals surface area contributed by atoms with E-state index in [0.29, 0.717) is 12.1 Å². The van der Waals surface area contributed by atoms with Crippen molar-refractivity contribution < 1.29 is 4.74 Å². The van der Waals surface area contributed by atoms with Gasteiger partial charge < -0.3 is 15.0 Å². The number of hydrogen-bond acceptors (Lipinski definition) is 5. The quantitative estimate of drug-likeness (QED) is 0.927. The van der Waals surface area contributed by atoms with Crippen molar-refractivity contribution in [3.05, 3.63) is 10.6 Å². The summed E-state index contributed by atoms with van der Waals surface area (Å²) in [5, 5.41) is 4.63. The van der Waals surface area contributed by atoms with Crippen LogP contribution >= 0.6 is 11.3 Å². The Balaban J connectivity index is 1.68. The highest BCUT2D eigenvalue weighted by atomic mass is 32.1. The van der Waals surface area contributed by atoms with Crippen LogP contribution in [0.2, 0.25) is 0 Å². The SMILES string of the molecule is CCOC1CCN(c2nc3c(s2)CCCC3NC)CC1. The molecule has 1 saturated heterocycles. The number of aryl methyl sites for hydroxylation is 1. The van der Waals surface area contributed by atoms with Crippen LogP contribution in [-0.2, 0) is 11.2 Å². The zero-order valence-electron chi connectivity index (χ0n) is 12.5. The number of piperidine rings is 1. The Labute approximate surface area is 125 Å². The van der Waals surface area contributed by atoms with E-state index in [4.69, 9.17) is 9.72 Å². The molecule has 112 valence electrons. The van der Waals surface area contributed by atoms with Crippen LogP contribution in [0.4, 0.5) is 5.13 Å². The van der Waals surface area contributed by atoms with Crippen molar-refractivity contribution in [3.8, 4) is 0 Å². The van der Waals surface area contributed by atoms with Gasteiger partial charge in [0.05, 0.1) is 17.8 Å². The highest BCUT2D eigenvalue weighted by molar-refractivity contribution is 7.15. The summed E-state index contributed by atoms with van der Waals surface area (Å²) in [7, 11) is 2.05. The zero-order valence-corrected chi connectivity index (χ0v) is 13.3. The fourth-order valence-corrected chi connectivity index (χ4v) is 4.49. The summed E-state index contributed by atoms with van der Waals surface area (Å²) in [6, 6.07) is 0.463. The van der Waals surface area contributed by atoms with E-state index in [-0.39, 0.29) is 0 Å². The molecule has 2 heterocycles. The van der Waals surface area contributed by atoms with E-state index in [2.05, 4.69) is 17.1 Å². The number of rotatable bonds is 4. The maximum Gasteiger partial charge on any atom is 0.185 e. The maximum atomic E-state index is 5.73. The number of fused-ring (bicyclic) bond motifs is 1. The molecule has 20 heavy (non-hydrogen) atoms. The Morgan fingerprint density at radius 1 is 1.35 bits per heavy atom. The maximum absolute atomic E-state index is 5.73. The average Bonchev–Trinajstić information content (AvgIpc) is 2.92. The van der Waals surface area contributed by atoms with Crippen molar-refractivity contribution in [2.75, 3.05) is 31.6 Å². The summed E-state index contributed by atoms with van der Waals surface area (Å²) in [5.41, 5.74) is 1.31. The summed E-state index contributed by atoms with van der Waals surface area (Å²) in [6.45, 7) is 5.09. The highest BCUT2D eigenvalue weighted by Gasteiger charge is 2.27. The number of anilines is 1. The first-order valence-electron chi connectivity index (χ1n) is 7.85. The number of aromatic nitrogens is 1. The Morgan fingerprint density at radius 3 is 2.85 bits per heavy atom. The highest BCUT2D eigenvalue weighted by Crippen LogP contribution is 2.37. The van der Waals surface area contributed by atoms with E-state index < -0.39 is 0 Å². The first-order valence-corrected chi connectivity index (χ1v) is 8.67. The number of hydrogen-bond donors (Lipinski definition) is 1. The van der Waals surface area contributed by atoms with E-state index in [1.165, 1.54) is 35.0 Å². The van der Waals surface area contributed by atoms with Crippen LogP contribution in [0.1, 0.15) is 49.2 Å². The minimum absolute atomic E-state index is 0.455. The molecular weight excluding hydrogens is 270 g/mol. The lowest BCUT2D eigenvalue weighted by molar-refractivity contribution is 0.0459. The molecule has 2 aliphatic rings. The van der Waals surface area contributed by atoms with Gasteiger partial charge >= 0.3 is 0 Å². The van der Waals surface area contributed by atoms with Gasteiger partial charge in [0.25, 0.3) is 0 Å². The fraction of sp³-hybridized carbons (Fsp3) is 0.800. The van der Waals surface area contributed by atoms with Crippen LogP contribution in [0, 0.1) is 0 Å². The van der Waals surface area contributed by atoms with Gasteiger partial charge in [-0.15, -0.1) is 11.3 Å². The van der Waals surface area contributed by atoms with Crippen molar-refractivity contribution in [2.45, 2.75) is 51.2 Å². The van der Waals surface area contributed by atoms with E-state index in [0.717, 1.165) is 32.5 Å². The first-order chi connectivity index (χ1) is 9.81. The van der Waals surface area contributed by atoms with Crippen molar-refractivity contribution in [3.63, 3.8) is 0 Å². The molecule has 3 rings (SSSR count). The topological polar surface area (TPSA) is 37.4 Å². The molecule has 0 amide bonds. The largest absolute Gasteiger partial charge is 0.378 e. The molecular formula is C15H25N3OS. The molecule has 1 aromatic heterocycles. The van der Waals surface area contributed by atoms with Crippen LogP contribution in [0.5, 0.6) is 0 Å². The molecule has 1 fully saturated rings. The van der Waals surface area contributed by atoms with Crippen LogP contribution in [0.25, 0.3) is 0 Å². The molecule has 1 aliphatic heterocycles. The Bertz CT molecular complexity index is 440. The lowest BCUT2D eigenvalue weighted by Crippen LogP contribution is -2.37. The van der Waals surface area contributed by atoms with Gasteiger partial charge in [-0.3, -0.25) is 0 Å². The fourth-order valence-electron chi connectivity index (χ4n) is 3.27. The third kappa shape index (κ3) is 2.85. The summed E-state index contributed by atoms with van der Waals surface area (Å²) in [6.07, 6.45) is 6.43. The van der Waals surface area contributed by atoms with Crippen LogP contribution in [-0.4, -0.2) is 37.8 Å². The Kier molecular flexibility index (Phi) is 4.58. The van der Waals surface area contributed by atoms with Gasteiger partial charge in [0.1, 0.15) is 0 Å². The summed E-state index contributed by atoms with van der Waals surface area (Å²) in [4.78, 5) is 8.89. The third-order valence-electron chi connectivity index (χ3n) is 4.41. The summed E-state index contributed by atoms with van der Waals surface area (Å²) in [5.74, 6) is 0. The Hall–Kier alpha value is -0.650. The molecule has 1 atom stereocenters. The third-order valence-corrected chi connectivity index (χ3v) is 5.60. The minimum atomic E-state index is 0.455. The van der Waals surface area contributed by atoms with Crippen LogP contribution < -0.4 is 10.2 Å². The number of thiazole rings is 1. The van der Waals surface area contributed by atoms with Crippen molar-refractivity contribution >= 4 is 16.5 Å². The average molecular weight is 295 g/mol. The number of nitrogens with zero attached hydrogens (tertiary/aromatic N) is 2. The molecule has 0 spiro atoms. The van der Waals surface area contributed by atoms with Crippen LogP contribution in [0.15, 0.2) is 0 Å². The molecule has 1 aliphatic carbocycles. The molecule has 0 bridgehead atoms. The molecule has 4 nitrogen and oxygen atoms in total. The molecule has 0 radical (unpaired) electrons. The van der Waals surface area contributed by atoms with Gasteiger partial charge in [-0.25, -0.2) is 4.98 Å². The molecule has 1 unspecified atom stereocenters. The van der Waals surface area contributed by atoms with E-state index in [9.17, 15) is 0 Å². The molecule has 0 aromatic carbocycles. The Morgan fingerprint density at radius 2 is 2.15 bits per heavy atom. The van der Waals surface area contributed by atoms with E-state index in [1.54, 1.807) is 0 Å². The molecule has 1 N–H and O–H groups in total. The molecule has 1 aromatic rings. The van der Waals surface area contributed by atoms with Gasteiger partial charge in [0.15, 0.2) is 5.13 Å². The van der Waals surface area contributed by atoms with Crippen molar-refractivity contribution in [2.24, 2.45) is 0 Å². The van der Waals surface area contributed by atoms with Gasteiger partial charge in [0.2, 0.25) is 0 Å². The van der Waals surface area contributed by atoms with Gasteiger partial charge in [-0.2, -0.15) is 0 Å². The summed E-state index contributed by atoms with van der Waals surface area (Å²) < 4.78 is 5.73. The zero-order chi connectivity index (χ0) is 13.9. The van der Waals surface area contributed by atoms with E-state index >= 15 is 0 Å². The van der Waals surface area contributed by atoms with Crippen LogP contribution in [0.3, 0.4) is 0 Å². The van der Waals surface area contributed by atoms with Gasteiger partial charge in [-0.1, -0.05) is 0 Å². The smallest absolute Gasteiger partial charge is 0.185 e. The predicted octanol–water partition coefficient (Wildman–Crippen LogP) is 2.75. The van der Waals surface area contributed by atoms with Gasteiger partial charge in [0, 0.05) is 24.6 Å². The second-order valence-corrected chi connectivity index (χ2v) is 6.74. The van der Waals surface area contributed by atoms with E-state index in [1.807, 2.05) is 18.4 Å². The molecule has 5 heteroatoms. The second-order valence-electron chi connectivity index (χ2n) is 5.68. The lowest BCUT2D eigenvalue weighted by Gasteiger charge is -2.31. The lowest BCUT2D eigenvalue weighted by atomic mass is 9.98. The number of nitrogens with one attached hydrogen (secondary N) is 1. The first kappa shape index (κ1) is 14.3. The standard InChI is InChI=1S/C15H25N3OS/c1-3-19-11-7-9-18(10-8-11)15-17-14-12(16-2)5-4-6-13(14)20-15/h11-12,16H,3-10H2,1-2H3. The predicted molar refractivity (Wildman–Crippen MR) is 83.7 cm³/mol. The minimum Gasteiger partial charge on any atom is -0.378 e. The molecule has 0 saturated carbocycles. The van der Waals surface area contributed by atoms with Crippen molar-refractivity contribution in [1.82, 2.24) is 10.3 Å². The van der Waals surface area contributed by atoms with Gasteiger partial charge in [-0.05, 0) is 46.1 Å².